The normalized spacial score (nSPS) is 14.2. The molecule has 0 saturated heterocycles. The molecule has 1 fully saturated rings. The highest BCUT2D eigenvalue weighted by Gasteiger charge is 2.29. The van der Waals surface area contributed by atoms with Gasteiger partial charge in [-0.05, 0) is 55.4 Å². The smallest absolute Gasteiger partial charge is 0.137 e. The lowest BCUT2D eigenvalue weighted by atomic mass is 10.0. The Bertz CT molecular complexity index is 776. The topological polar surface area (TPSA) is 68.0 Å². The Labute approximate surface area is 155 Å². The van der Waals surface area contributed by atoms with Crippen LogP contribution in [0, 0.1) is 12.8 Å². The number of carbonyl (C=O) groups excluding carboxylic acids is 1. The summed E-state index contributed by atoms with van der Waals surface area (Å²) in [5.41, 5.74) is 1.93. The Morgan fingerprint density at radius 2 is 1.92 bits per heavy atom. The van der Waals surface area contributed by atoms with Crippen LogP contribution < -0.4 is 0 Å². The molecular formula is C21H29N3O2. The second kappa shape index (κ2) is 8.02. The van der Waals surface area contributed by atoms with Gasteiger partial charge in [-0.25, -0.2) is 0 Å². The molecular weight excluding hydrogens is 326 g/mol. The van der Waals surface area contributed by atoms with Crippen LogP contribution in [0.15, 0.2) is 18.2 Å². The van der Waals surface area contributed by atoms with Crippen LogP contribution in [-0.4, -0.2) is 25.7 Å². The van der Waals surface area contributed by atoms with Crippen molar-refractivity contribution in [1.82, 2.24) is 14.8 Å². The molecule has 2 aromatic rings. The number of aromatic nitrogens is 3. The summed E-state index contributed by atoms with van der Waals surface area (Å²) in [7, 11) is 0. The summed E-state index contributed by atoms with van der Waals surface area (Å²) in [5, 5.41) is 18.4. The third-order valence-corrected chi connectivity index (χ3v) is 5.04. The van der Waals surface area contributed by atoms with Crippen LogP contribution in [0.4, 0.5) is 0 Å². The number of Topliss-reactive ketones (excluding diaryl/α,β-unsaturated/α-hetero) is 1. The van der Waals surface area contributed by atoms with Gasteiger partial charge in [-0.15, -0.1) is 10.2 Å². The molecule has 0 aliphatic heterocycles. The first-order chi connectivity index (χ1) is 12.4. The van der Waals surface area contributed by atoms with Crippen LogP contribution in [0.3, 0.4) is 0 Å². The SMILES string of the molecule is Cc1ccc(O)cc1CC(=O)CCc1nnc(CCC(C)C)n1C1CC1. The summed E-state index contributed by atoms with van der Waals surface area (Å²) in [6, 6.07) is 5.72. The maximum absolute atomic E-state index is 12.4. The highest BCUT2D eigenvalue weighted by molar-refractivity contribution is 5.81. The summed E-state index contributed by atoms with van der Waals surface area (Å²) in [6.45, 7) is 6.41. The van der Waals surface area contributed by atoms with E-state index in [4.69, 9.17) is 0 Å². The van der Waals surface area contributed by atoms with Crippen LogP contribution >= 0.6 is 0 Å². The summed E-state index contributed by atoms with van der Waals surface area (Å²) in [4.78, 5) is 12.4. The molecule has 1 N–H and O–H groups in total. The zero-order chi connectivity index (χ0) is 18.7. The van der Waals surface area contributed by atoms with Crippen molar-refractivity contribution in [2.45, 2.75) is 71.8 Å². The number of benzene rings is 1. The van der Waals surface area contributed by atoms with E-state index in [1.54, 1.807) is 12.1 Å². The number of rotatable bonds is 9. The van der Waals surface area contributed by atoms with Gasteiger partial charge in [0.1, 0.15) is 23.2 Å². The van der Waals surface area contributed by atoms with Crippen molar-refractivity contribution < 1.29 is 9.90 Å². The molecule has 0 amide bonds. The van der Waals surface area contributed by atoms with Gasteiger partial charge in [0.05, 0.1) is 0 Å². The summed E-state index contributed by atoms with van der Waals surface area (Å²) >= 11 is 0. The molecule has 0 radical (unpaired) electrons. The zero-order valence-corrected chi connectivity index (χ0v) is 16.0. The van der Waals surface area contributed by atoms with Crippen molar-refractivity contribution in [3.05, 3.63) is 41.0 Å². The number of aryl methyl sites for hydroxylation is 3. The lowest BCUT2D eigenvalue weighted by Crippen LogP contribution is -2.11. The minimum absolute atomic E-state index is 0.174. The van der Waals surface area contributed by atoms with Crippen LogP contribution in [-0.2, 0) is 24.1 Å². The number of carbonyl (C=O) groups is 1. The number of hydrogen-bond donors (Lipinski definition) is 1. The Morgan fingerprint density at radius 1 is 1.23 bits per heavy atom. The molecule has 140 valence electrons. The molecule has 5 nitrogen and oxygen atoms in total. The van der Waals surface area contributed by atoms with E-state index >= 15 is 0 Å². The standard InChI is InChI=1S/C21H29N3O2/c1-14(2)4-10-20-22-23-21(24(20)17-6-7-17)11-9-19(26)13-16-12-18(25)8-5-15(16)3/h5,8,12,14,17,25H,4,6-7,9-11,13H2,1-3H3. The van der Waals surface area contributed by atoms with Crippen molar-refractivity contribution in [3.8, 4) is 5.75 Å². The number of nitrogens with zero attached hydrogens (tertiary/aromatic N) is 3. The molecule has 26 heavy (non-hydrogen) atoms. The van der Waals surface area contributed by atoms with E-state index in [-0.39, 0.29) is 11.5 Å². The first-order valence-electron chi connectivity index (χ1n) is 9.67. The molecule has 1 aromatic carbocycles. The van der Waals surface area contributed by atoms with Gasteiger partial charge in [-0.2, -0.15) is 0 Å². The van der Waals surface area contributed by atoms with Crippen molar-refractivity contribution >= 4 is 5.78 Å². The average molecular weight is 355 g/mol. The predicted molar refractivity (Wildman–Crippen MR) is 101 cm³/mol. The zero-order valence-electron chi connectivity index (χ0n) is 16.0. The Hall–Kier alpha value is -2.17. The Morgan fingerprint density at radius 3 is 2.58 bits per heavy atom. The number of phenols is 1. The molecule has 5 heteroatoms. The minimum atomic E-state index is 0.174. The second-order valence-corrected chi connectivity index (χ2v) is 7.89. The van der Waals surface area contributed by atoms with E-state index in [0.29, 0.717) is 31.2 Å². The predicted octanol–water partition coefficient (Wildman–Crippen LogP) is 3.96. The second-order valence-electron chi connectivity index (χ2n) is 7.89. The van der Waals surface area contributed by atoms with E-state index in [9.17, 15) is 9.90 Å². The molecule has 3 rings (SSSR count). The molecule has 0 spiro atoms. The molecule has 1 heterocycles. The van der Waals surface area contributed by atoms with Crippen molar-refractivity contribution in [2.24, 2.45) is 5.92 Å². The van der Waals surface area contributed by atoms with Crippen molar-refractivity contribution in [3.63, 3.8) is 0 Å². The molecule has 1 aliphatic carbocycles. The summed E-state index contributed by atoms with van der Waals surface area (Å²) < 4.78 is 2.29. The average Bonchev–Trinajstić information content (AvgIpc) is 3.34. The minimum Gasteiger partial charge on any atom is -0.508 e. The Kier molecular flexibility index (Phi) is 5.74. The van der Waals surface area contributed by atoms with Crippen LogP contribution in [0.5, 0.6) is 5.75 Å². The molecule has 1 aromatic heterocycles. The van der Waals surface area contributed by atoms with Gasteiger partial charge in [0, 0.05) is 31.7 Å². The molecule has 1 aliphatic rings. The van der Waals surface area contributed by atoms with Crippen LogP contribution in [0.25, 0.3) is 0 Å². The van der Waals surface area contributed by atoms with Gasteiger partial charge in [0.25, 0.3) is 0 Å². The maximum Gasteiger partial charge on any atom is 0.137 e. The lowest BCUT2D eigenvalue weighted by Gasteiger charge is -2.10. The highest BCUT2D eigenvalue weighted by atomic mass is 16.3. The van der Waals surface area contributed by atoms with Crippen LogP contribution in [0.2, 0.25) is 0 Å². The van der Waals surface area contributed by atoms with Crippen LogP contribution in [0.1, 0.15) is 68.3 Å². The third-order valence-electron chi connectivity index (χ3n) is 5.04. The van der Waals surface area contributed by atoms with Gasteiger partial charge in [-0.1, -0.05) is 19.9 Å². The number of aromatic hydroxyl groups is 1. The maximum atomic E-state index is 12.4. The number of hydrogen-bond acceptors (Lipinski definition) is 4. The first kappa shape index (κ1) is 18.6. The summed E-state index contributed by atoms with van der Waals surface area (Å²) in [6.07, 6.45) is 5.91. The fourth-order valence-corrected chi connectivity index (χ4v) is 3.27. The van der Waals surface area contributed by atoms with Gasteiger partial charge >= 0.3 is 0 Å². The molecule has 0 unspecified atom stereocenters. The highest BCUT2D eigenvalue weighted by Crippen LogP contribution is 2.37. The molecule has 0 bridgehead atoms. The van der Waals surface area contributed by atoms with Gasteiger partial charge in [-0.3, -0.25) is 4.79 Å². The summed E-state index contributed by atoms with van der Waals surface area (Å²) in [5.74, 6) is 3.06. The fraction of sp³-hybridized carbons (Fsp3) is 0.571. The molecule has 0 atom stereocenters. The Balaban J connectivity index is 1.62. The van der Waals surface area contributed by atoms with Crippen molar-refractivity contribution in [1.29, 1.82) is 0 Å². The largest absolute Gasteiger partial charge is 0.508 e. The van der Waals surface area contributed by atoms with E-state index in [2.05, 4.69) is 28.6 Å². The van der Waals surface area contributed by atoms with Crippen molar-refractivity contribution in [2.75, 3.05) is 0 Å². The lowest BCUT2D eigenvalue weighted by molar-refractivity contribution is -0.118. The van der Waals surface area contributed by atoms with E-state index in [0.717, 1.165) is 35.6 Å². The quantitative estimate of drug-likeness (QED) is 0.739. The number of ketones is 1. The fourth-order valence-electron chi connectivity index (χ4n) is 3.27. The van der Waals surface area contributed by atoms with Gasteiger partial charge < -0.3 is 9.67 Å². The van der Waals surface area contributed by atoms with E-state index < -0.39 is 0 Å². The van der Waals surface area contributed by atoms with E-state index in [1.165, 1.54) is 12.8 Å². The first-order valence-corrected chi connectivity index (χ1v) is 9.67. The van der Waals surface area contributed by atoms with Gasteiger partial charge in [0.2, 0.25) is 0 Å². The molecule has 1 saturated carbocycles. The monoisotopic (exact) mass is 355 g/mol. The van der Waals surface area contributed by atoms with E-state index in [1.807, 2.05) is 13.0 Å². The van der Waals surface area contributed by atoms with Gasteiger partial charge in [0.15, 0.2) is 0 Å². The third kappa shape index (κ3) is 4.71. The number of phenolic OH excluding ortho intramolecular Hbond substituents is 1.